The first kappa shape index (κ1) is 14.5. The quantitative estimate of drug-likeness (QED) is 0.918. The highest BCUT2D eigenvalue weighted by Gasteiger charge is 2.29. The van der Waals surface area contributed by atoms with Gasteiger partial charge in [-0.1, -0.05) is 13.8 Å². The second kappa shape index (κ2) is 5.61. The van der Waals surface area contributed by atoms with E-state index in [-0.39, 0.29) is 11.5 Å². The van der Waals surface area contributed by atoms with E-state index in [1.54, 1.807) is 6.92 Å². The maximum absolute atomic E-state index is 12.4. The predicted octanol–water partition coefficient (Wildman–Crippen LogP) is 2.21. The number of carbonyl (C=O) groups is 2. The van der Waals surface area contributed by atoms with Crippen LogP contribution >= 0.6 is 0 Å². The molecule has 20 heavy (non-hydrogen) atoms. The molecule has 2 rings (SSSR count). The largest absolute Gasteiger partial charge is 0.478 e. The van der Waals surface area contributed by atoms with Crippen molar-refractivity contribution in [1.29, 1.82) is 0 Å². The van der Waals surface area contributed by atoms with Crippen LogP contribution in [0, 0.1) is 18.8 Å². The van der Waals surface area contributed by atoms with Crippen LogP contribution in [-0.4, -0.2) is 40.0 Å². The first-order valence-corrected chi connectivity index (χ1v) is 6.90. The maximum atomic E-state index is 12.4. The zero-order valence-corrected chi connectivity index (χ0v) is 12.1. The highest BCUT2D eigenvalue weighted by atomic mass is 16.4. The van der Waals surface area contributed by atoms with Crippen LogP contribution in [0.25, 0.3) is 0 Å². The molecular formula is C15H20N2O3. The Morgan fingerprint density at radius 1 is 1.40 bits per heavy atom. The second-order valence-electron chi connectivity index (χ2n) is 5.68. The fraction of sp³-hybridized carbons (Fsp3) is 0.533. The summed E-state index contributed by atoms with van der Waals surface area (Å²) in [4.78, 5) is 29.3. The van der Waals surface area contributed by atoms with Crippen LogP contribution in [0.2, 0.25) is 0 Å². The molecule has 1 amide bonds. The van der Waals surface area contributed by atoms with Crippen molar-refractivity contribution in [2.45, 2.75) is 27.2 Å². The first-order chi connectivity index (χ1) is 9.40. The fourth-order valence-corrected chi connectivity index (χ4v) is 2.58. The van der Waals surface area contributed by atoms with Crippen molar-refractivity contribution in [3.63, 3.8) is 0 Å². The molecule has 0 saturated carbocycles. The van der Waals surface area contributed by atoms with Gasteiger partial charge in [0.1, 0.15) is 5.69 Å². The van der Waals surface area contributed by atoms with E-state index in [0.717, 1.165) is 19.5 Å². The lowest BCUT2D eigenvalue weighted by molar-refractivity contribution is 0.0692. The summed E-state index contributed by atoms with van der Waals surface area (Å²) in [6.45, 7) is 7.47. The zero-order valence-electron chi connectivity index (χ0n) is 12.1. The van der Waals surface area contributed by atoms with Crippen molar-refractivity contribution >= 4 is 11.9 Å². The third-order valence-electron chi connectivity index (χ3n) is 3.99. The summed E-state index contributed by atoms with van der Waals surface area (Å²) in [7, 11) is 0. The molecule has 0 aliphatic carbocycles. The third-order valence-corrected chi connectivity index (χ3v) is 3.99. The highest BCUT2D eigenvalue weighted by molar-refractivity contribution is 5.94. The summed E-state index contributed by atoms with van der Waals surface area (Å²) in [5.41, 5.74) is 0.850. The van der Waals surface area contributed by atoms with Crippen molar-refractivity contribution in [3.05, 3.63) is 29.1 Å². The van der Waals surface area contributed by atoms with Gasteiger partial charge in [-0.2, -0.15) is 0 Å². The Morgan fingerprint density at radius 2 is 2.10 bits per heavy atom. The normalized spacial score (nSPS) is 18.6. The molecule has 1 saturated heterocycles. The van der Waals surface area contributed by atoms with Crippen molar-refractivity contribution in [2.24, 2.45) is 11.8 Å². The number of rotatable bonds is 3. The van der Waals surface area contributed by atoms with E-state index in [1.807, 2.05) is 4.90 Å². The van der Waals surface area contributed by atoms with Gasteiger partial charge in [0.05, 0.1) is 11.3 Å². The molecule has 1 aliphatic heterocycles. The minimum absolute atomic E-state index is 0.104. The molecule has 5 nitrogen and oxygen atoms in total. The lowest BCUT2D eigenvalue weighted by atomic mass is 9.95. The van der Waals surface area contributed by atoms with Crippen molar-refractivity contribution in [1.82, 2.24) is 9.88 Å². The molecule has 1 aliphatic rings. The number of likely N-dealkylation sites (tertiary alicyclic amines) is 1. The molecule has 1 unspecified atom stereocenters. The van der Waals surface area contributed by atoms with Crippen LogP contribution in [-0.2, 0) is 0 Å². The minimum atomic E-state index is -1.02. The fourth-order valence-electron chi connectivity index (χ4n) is 2.58. The monoisotopic (exact) mass is 276 g/mol. The Balaban J connectivity index is 2.14. The number of aromatic carboxylic acids is 1. The van der Waals surface area contributed by atoms with Gasteiger partial charge in [0.25, 0.3) is 5.91 Å². The Labute approximate surface area is 118 Å². The molecule has 2 heterocycles. The number of aromatic nitrogens is 1. The predicted molar refractivity (Wildman–Crippen MR) is 74.8 cm³/mol. The van der Waals surface area contributed by atoms with E-state index in [2.05, 4.69) is 18.8 Å². The number of carboxylic acids is 1. The summed E-state index contributed by atoms with van der Waals surface area (Å²) in [6, 6.07) is 2.95. The number of aryl methyl sites for hydroxylation is 1. The van der Waals surface area contributed by atoms with Gasteiger partial charge < -0.3 is 10.0 Å². The van der Waals surface area contributed by atoms with Gasteiger partial charge in [0.2, 0.25) is 0 Å². The average Bonchev–Trinajstić information content (AvgIpc) is 2.87. The van der Waals surface area contributed by atoms with Crippen LogP contribution in [0.3, 0.4) is 0 Å². The standard InChI is InChI=1S/C15H20N2O3/c1-9(2)11-6-7-17(8-11)14(18)13-5-4-12(15(19)20)10(3)16-13/h4-5,9,11H,6-8H2,1-3H3,(H,19,20). The molecule has 1 N–H and O–H groups in total. The van der Waals surface area contributed by atoms with Crippen LogP contribution in [0.1, 0.15) is 46.8 Å². The molecule has 108 valence electrons. The lowest BCUT2D eigenvalue weighted by Crippen LogP contribution is -2.30. The van der Waals surface area contributed by atoms with E-state index >= 15 is 0 Å². The van der Waals surface area contributed by atoms with Crippen molar-refractivity contribution in [3.8, 4) is 0 Å². The number of amides is 1. The van der Waals surface area contributed by atoms with Gasteiger partial charge in [-0.15, -0.1) is 0 Å². The summed E-state index contributed by atoms with van der Waals surface area (Å²) in [6.07, 6.45) is 1.02. The van der Waals surface area contributed by atoms with Crippen molar-refractivity contribution < 1.29 is 14.7 Å². The highest BCUT2D eigenvalue weighted by Crippen LogP contribution is 2.24. The zero-order chi connectivity index (χ0) is 14.9. The van der Waals surface area contributed by atoms with E-state index in [4.69, 9.17) is 5.11 Å². The van der Waals surface area contributed by atoms with Gasteiger partial charge in [0.15, 0.2) is 0 Å². The number of pyridine rings is 1. The maximum Gasteiger partial charge on any atom is 0.337 e. The first-order valence-electron chi connectivity index (χ1n) is 6.90. The number of carbonyl (C=O) groups excluding carboxylic acids is 1. The van der Waals surface area contributed by atoms with Gasteiger partial charge >= 0.3 is 5.97 Å². The second-order valence-corrected chi connectivity index (χ2v) is 5.68. The number of hydrogen-bond acceptors (Lipinski definition) is 3. The van der Waals surface area contributed by atoms with Gasteiger partial charge in [-0.3, -0.25) is 4.79 Å². The third kappa shape index (κ3) is 2.81. The molecule has 0 aromatic carbocycles. The number of carboxylic acid groups (broad SMARTS) is 1. The Kier molecular flexibility index (Phi) is 4.06. The number of hydrogen-bond donors (Lipinski definition) is 1. The van der Waals surface area contributed by atoms with Gasteiger partial charge in [-0.05, 0) is 37.3 Å². The minimum Gasteiger partial charge on any atom is -0.478 e. The molecule has 1 aromatic heterocycles. The molecule has 0 spiro atoms. The molecule has 1 atom stereocenters. The molecule has 0 bridgehead atoms. The lowest BCUT2D eigenvalue weighted by Gasteiger charge is -2.18. The van der Waals surface area contributed by atoms with Crippen molar-refractivity contribution in [2.75, 3.05) is 13.1 Å². The molecule has 1 fully saturated rings. The Morgan fingerprint density at radius 3 is 2.60 bits per heavy atom. The van der Waals surface area contributed by atoms with E-state index in [1.165, 1.54) is 12.1 Å². The van der Waals surface area contributed by atoms with Crippen LogP contribution < -0.4 is 0 Å². The Bertz CT molecular complexity index is 540. The number of nitrogens with zero attached hydrogens (tertiary/aromatic N) is 2. The van der Waals surface area contributed by atoms with E-state index in [0.29, 0.717) is 23.2 Å². The Hall–Kier alpha value is -1.91. The van der Waals surface area contributed by atoms with E-state index in [9.17, 15) is 9.59 Å². The summed E-state index contributed by atoms with van der Waals surface area (Å²) < 4.78 is 0. The van der Waals surface area contributed by atoms with Gasteiger partial charge in [-0.25, -0.2) is 9.78 Å². The van der Waals surface area contributed by atoms with Gasteiger partial charge in [0, 0.05) is 13.1 Å². The summed E-state index contributed by atoms with van der Waals surface area (Å²) in [5.74, 6) is -0.0153. The van der Waals surface area contributed by atoms with Crippen LogP contribution in [0.15, 0.2) is 12.1 Å². The smallest absolute Gasteiger partial charge is 0.337 e. The summed E-state index contributed by atoms with van der Waals surface area (Å²) >= 11 is 0. The molecule has 5 heteroatoms. The topological polar surface area (TPSA) is 70.5 Å². The van der Waals surface area contributed by atoms with Crippen LogP contribution in [0.5, 0.6) is 0 Å². The SMILES string of the molecule is Cc1nc(C(=O)N2CCC(C(C)C)C2)ccc1C(=O)O. The molecule has 0 radical (unpaired) electrons. The summed E-state index contributed by atoms with van der Waals surface area (Å²) in [5, 5.41) is 8.97. The van der Waals surface area contributed by atoms with E-state index < -0.39 is 5.97 Å². The molecule has 1 aromatic rings. The van der Waals surface area contributed by atoms with Crippen LogP contribution in [0.4, 0.5) is 0 Å². The average molecular weight is 276 g/mol. The molecular weight excluding hydrogens is 256 g/mol.